The van der Waals surface area contributed by atoms with Crippen LogP contribution in [0.4, 0.5) is 0 Å². The number of nitriles is 1. The van der Waals surface area contributed by atoms with Gasteiger partial charge in [0, 0.05) is 21.5 Å². The van der Waals surface area contributed by atoms with Gasteiger partial charge in [-0.25, -0.2) is 0 Å². The Hall–Kier alpha value is -7.71. The first kappa shape index (κ1) is 34.5. The summed E-state index contributed by atoms with van der Waals surface area (Å²) in [5.41, 5.74) is 9.82. The predicted molar refractivity (Wildman–Crippen MR) is 249 cm³/mol. The third-order valence-electron chi connectivity index (χ3n) is 12.1. The molecule has 0 saturated carbocycles. The molecule has 59 heavy (non-hydrogen) atoms. The number of nitrogens with zero attached hydrogens (tertiary/aromatic N) is 3. The average molecular weight is 768 g/mol. The molecule has 0 aliphatic rings. The lowest BCUT2D eigenvalue weighted by Crippen LogP contribution is -2.74. The molecule has 0 aliphatic heterocycles. The maximum absolute atomic E-state index is 9.45. The summed E-state index contributed by atoms with van der Waals surface area (Å²) < 4.78 is 4.96. The fraction of sp³-hybridized carbons (Fsp3) is 0. The third kappa shape index (κ3) is 5.40. The predicted octanol–water partition coefficient (Wildman–Crippen LogP) is 10.8. The summed E-state index contributed by atoms with van der Waals surface area (Å²) in [5, 5.41) is 19.6. The first-order valence-corrected chi connectivity index (χ1v) is 22.1. The van der Waals surface area contributed by atoms with Gasteiger partial charge in [0.25, 0.3) is 0 Å². The number of para-hydroxylation sites is 4. The molecule has 2 heterocycles. The molecule has 0 radical (unpaired) electrons. The molecular weight excluding hydrogens is 731 g/mol. The van der Waals surface area contributed by atoms with Crippen molar-refractivity contribution in [3.05, 3.63) is 230 Å². The quantitative estimate of drug-likeness (QED) is 0.117. The molecule has 0 atom stereocenters. The number of hydrogen-bond acceptors (Lipinski definition) is 1. The summed E-state index contributed by atoms with van der Waals surface area (Å²) in [5.74, 6) is 0. The molecule has 2 aromatic heterocycles. The second-order valence-corrected chi connectivity index (χ2v) is 19.0. The fourth-order valence-corrected chi connectivity index (χ4v) is 14.3. The molecule has 0 amide bonds. The van der Waals surface area contributed by atoms with Crippen LogP contribution < -0.4 is 20.7 Å². The van der Waals surface area contributed by atoms with Gasteiger partial charge >= 0.3 is 0 Å². The van der Waals surface area contributed by atoms with E-state index in [4.69, 9.17) is 0 Å². The van der Waals surface area contributed by atoms with E-state index in [-0.39, 0.29) is 0 Å². The van der Waals surface area contributed by atoms with Gasteiger partial charge < -0.3 is 9.13 Å². The molecule has 0 bridgehead atoms. The van der Waals surface area contributed by atoms with Gasteiger partial charge in [-0.05, 0) is 80.4 Å². The van der Waals surface area contributed by atoms with Crippen LogP contribution in [0.5, 0.6) is 0 Å². The van der Waals surface area contributed by atoms with Crippen LogP contribution in [0.3, 0.4) is 0 Å². The van der Waals surface area contributed by atoms with Gasteiger partial charge in [0.2, 0.25) is 0 Å². The largest absolute Gasteiger partial charge is 0.307 e. The van der Waals surface area contributed by atoms with Gasteiger partial charge in [-0.2, -0.15) is 5.26 Å². The molecule has 9 aromatic carbocycles. The van der Waals surface area contributed by atoms with Crippen LogP contribution in [-0.4, -0.2) is 17.2 Å². The van der Waals surface area contributed by atoms with Gasteiger partial charge in [-0.1, -0.05) is 176 Å². The second kappa shape index (κ2) is 14.0. The second-order valence-electron chi connectivity index (χ2n) is 15.2. The maximum Gasteiger partial charge on any atom is 0.179 e. The van der Waals surface area contributed by atoms with Crippen molar-refractivity contribution < 1.29 is 0 Å². The Morgan fingerprint density at radius 2 is 0.678 bits per heavy atom. The average Bonchev–Trinajstić information content (AvgIpc) is 3.83. The van der Waals surface area contributed by atoms with E-state index >= 15 is 0 Å². The molecule has 0 fully saturated rings. The molecule has 0 N–H and O–H groups in total. The first-order chi connectivity index (χ1) is 29.2. The number of aromatic nitrogens is 2. The summed E-state index contributed by atoms with van der Waals surface area (Å²) >= 11 is 0. The van der Waals surface area contributed by atoms with Crippen LogP contribution >= 0.6 is 0 Å². The Balaban J connectivity index is 1.26. The van der Waals surface area contributed by atoms with Crippen molar-refractivity contribution in [2.75, 3.05) is 0 Å². The Kier molecular flexibility index (Phi) is 8.21. The standard InChI is InChI=1S/C55H37N3Si/c56-38-39-27-29-40(30-28-39)41-31-33-44(34-32-41)59(42-15-3-1-4-16-42,43-17-5-2-6-18-43)45-35-36-54(57-50-23-11-7-19-46(50)47-20-8-12-24-51(47)57)55(37-45)58-52-25-13-9-21-48(52)49-22-10-14-26-53(49)58/h1-37H. The van der Waals surface area contributed by atoms with Crippen LogP contribution in [0.2, 0.25) is 0 Å². The van der Waals surface area contributed by atoms with Crippen molar-refractivity contribution in [2.24, 2.45) is 0 Å². The van der Waals surface area contributed by atoms with Crippen LogP contribution in [-0.2, 0) is 0 Å². The molecule has 0 aliphatic carbocycles. The summed E-state index contributed by atoms with van der Waals surface area (Å²) in [6.07, 6.45) is 0. The molecule has 0 unspecified atom stereocenters. The lowest BCUT2D eigenvalue weighted by Gasteiger charge is -2.35. The zero-order valence-corrected chi connectivity index (χ0v) is 33.2. The lowest BCUT2D eigenvalue weighted by molar-refractivity contribution is 1.10. The highest BCUT2D eigenvalue weighted by Crippen LogP contribution is 2.38. The van der Waals surface area contributed by atoms with Crippen molar-refractivity contribution in [2.45, 2.75) is 0 Å². The molecule has 276 valence electrons. The van der Waals surface area contributed by atoms with Crippen LogP contribution in [0.15, 0.2) is 224 Å². The van der Waals surface area contributed by atoms with E-state index < -0.39 is 8.07 Å². The summed E-state index contributed by atoms with van der Waals surface area (Å²) in [6, 6.07) is 84.1. The molecule has 0 spiro atoms. The van der Waals surface area contributed by atoms with E-state index in [2.05, 4.69) is 215 Å². The number of rotatable bonds is 7. The molecule has 11 rings (SSSR count). The van der Waals surface area contributed by atoms with E-state index in [9.17, 15) is 5.26 Å². The highest BCUT2D eigenvalue weighted by molar-refractivity contribution is 7.19. The van der Waals surface area contributed by atoms with E-state index in [0.717, 1.165) is 22.5 Å². The smallest absolute Gasteiger partial charge is 0.179 e. The number of benzene rings is 9. The minimum Gasteiger partial charge on any atom is -0.307 e. The minimum atomic E-state index is -3.00. The van der Waals surface area contributed by atoms with E-state index in [0.29, 0.717) is 5.56 Å². The molecular formula is C55H37N3Si. The Morgan fingerprint density at radius 3 is 1.12 bits per heavy atom. The third-order valence-corrected chi connectivity index (χ3v) is 16.9. The van der Waals surface area contributed by atoms with Gasteiger partial charge in [-0.15, -0.1) is 0 Å². The fourth-order valence-electron chi connectivity index (χ4n) is 9.52. The zero-order chi connectivity index (χ0) is 39.3. The molecule has 4 heteroatoms. The molecule has 0 saturated heterocycles. The SMILES string of the molecule is N#Cc1ccc(-c2ccc([Si](c3ccccc3)(c3ccccc3)c3ccc(-n4c5ccccc5c5ccccc54)c(-n4c5ccccc5c5ccccc54)c3)cc2)cc1. The van der Waals surface area contributed by atoms with Crippen LogP contribution in [0, 0.1) is 11.3 Å². The molecule has 11 aromatic rings. The zero-order valence-electron chi connectivity index (χ0n) is 32.2. The lowest BCUT2D eigenvalue weighted by atomic mass is 10.0. The Morgan fingerprint density at radius 1 is 0.322 bits per heavy atom. The van der Waals surface area contributed by atoms with Gasteiger partial charge in [0.1, 0.15) is 0 Å². The van der Waals surface area contributed by atoms with Gasteiger partial charge in [0.05, 0.1) is 45.1 Å². The maximum atomic E-state index is 9.45. The monoisotopic (exact) mass is 767 g/mol. The van der Waals surface area contributed by atoms with Crippen molar-refractivity contribution in [1.29, 1.82) is 5.26 Å². The minimum absolute atomic E-state index is 0.661. The highest BCUT2D eigenvalue weighted by Gasteiger charge is 2.42. The first-order valence-electron chi connectivity index (χ1n) is 20.1. The summed E-state index contributed by atoms with van der Waals surface area (Å²) in [4.78, 5) is 0. The van der Waals surface area contributed by atoms with Crippen molar-refractivity contribution >= 4 is 72.4 Å². The van der Waals surface area contributed by atoms with E-state index in [1.54, 1.807) is 0 Å². The van der Waals surface area contributed by atoms with Crippen LogP contribution in [0.25, 0.3) is 66.1 Å². The topological polar surface area (TPSA) is 33.6 Å². The van der Waals surface area contributed by atoms with Crippen molar-refractivity contribution in [3.63, 3.8) is 0 Å². The molecule has 3 nitrogen and oxygen atoms in total. The summed E-state index contributed by atoms with van der Waals surface area (Å²) in [6.45, 7) is 0. The van der Waals surface area contributed by atoms with Crippen molar-refractivity contribution in [3.8, 4) is 28.6 Å². The van der Waals surface area contributed by atoms with E-state index in [1.165, 1.54) is 64.4 Å². The van der Waals surface area contributed by atoms with Crippen LogP contribution in [0.1, 0.15) is 5.56 Å². The summed E-state index contributed by atoms with van der Waals surface area (Å²) in [7, 11) is -3.00. The number of fused-ring (bicyclic) bond motifs is 6. The normalized spacial score (nSPS) is 11.7. The number of hydrogen-bond donors (Lipinski definition) is 0. The van der Waals surface area contributed by atoms with Crippen molar-refractivity contribution in [1.82, 2.24) is 9.13 Å². The van der Waals surface area contributed by atoms with Gasteiger partial charge in [0.15, 0.2) is 8.07 Å². The van der Waals surface area contributed by atoms with E-state index in [1.807, 2.05) is 24.3 Å². The highest BCUT2D eigenvalue weighted by atomic mass is 28.3. The Labute approximate surface area is 343 Å². The van der Waals surface area contributed by atoms with Gasteiger partial charge in [-0.3, -0.25) is 0 Å². The Bertz CT molecular complexity index is 3230.